The molecule has 178 valence electrons. The third-order valence-electron chi connectivity index (χ3n) is 5.16. The van der Waals surface area contributed by atoms with Crippen LogP contribution in [0.5, 0.6) is 0 Å². The molecule has 3 aromatic carbocycles. The average Bonchev–Trinajstić information content (AvgIpc) is 2.82. The van der Waals surface area contributed by atoms with Gasteiger partial charge in [-0.15, -0.1) is 0 Å². The van der Waals surface area contributed by atoms with E-state index in [2.05, 4.69) is 10.5 Å². The summed E-state index contributed by atoms with van der Waals surface area (Å²) in [6, 6.07) is 20.5. The van der Waals surface area contributed by atoms with E-state index in [0.29, 0.717) is 29.9 Å². The number of carboxylic acid groups (broad SMARTS) is 1. The molecule has 3 rings (SSSR count). The van der Waals surface area contributed by atoms with Crippen molar-refractivity contribution in [2.75, 3.05) is 6.54 Å². The molecule has 0 spiro atoms. The molecule has 0 fully saturated rings. The van der Waals surface area contributed by atoms with Crippen molar-refractivity contribution < 1.29 is 27.9 Å². The molecule has 0 aromatic heterocycles. The SMILES string of the molecule is C/C(=N/OCc1ccc(-c2ccccc2)cc1C(F)(F)F)c1ccc(CNCCC(=O)O)cc1. The first-order valence-electron chi connectivity index (χ1n) is 10.7. The normalized spacial score (nSPS) is 11.9. The van der Waals surface area contributed by atoms with Crippen LogP contribution in [0.15, 0.2) is 78.0 Å². The van der Waals surface area contributed by atoms with Crippen LogP contribution in [-0.4, -0.2) is 23.3 Å². The lowest BCUT2D eigenvalue weighted by molar-refractivity contribution is -0.139. The summed E-state index contributed by atoms with van der Waals surface area (Å²) >= 11 is 0. The van der Waals surface area contributed by atoms with E-state index in [0.717, 1.165) is 17.2 Å². The van der Waals surface area contributed by atoms with Crippen molar-refractivity contribution in [1.29, 1.82) is 0 Å². The van der Waals surface area contributed by atoms with E-state index < -0.39 is 17.7 Å². The Morgan fingerprint density at radius 2 is 1.71 bits per heavy atom. The first-order valence-corrected chi connectivity index (χ1v) is 10.7. The summed E-state index contributed by atoms with van der Waals surface area (Å²) in [5.41, 5.74) is 2.71. The zero-order valence-corrected chi connectivity index (χ0v) is 18.6. The van der Waals surface area contributed by atoms with Crippen LogP contribution in [0.1, 0.15) is 35.6 Å². The molecular formula is C26H25F3N2O3. The van der Waals surface area contributed by atoms with Crippen molar-refractivity contribution in [3.8, 4) is 11.1 Å². The zero-order valence-electron chi connectivity index (χ0n) is 18.6. The zero-order chi connectivity index (χ0) is 24.6. The Labute approximate surface area is 195 Å². The molecule has 0 aliphatic carbocycles. The number of carboxylic acids is 1. The van der Waals surface area contributed by atoms with Gasteiger partial charge in [-0.05, 0) is 35.2 Å². The van der Waals surface area contributed by atoms with E-state index in [1.165, 1.54) is 6.07 Å². The number of oxime groups is 1. The number of rotatable bonds is 10. The molecule has 0 aliphatic heterocycles. The Morgan fingerprint density at radius 1 is 1.00 bits per heavy atom. The van der Waals surface area contributed by atoms with Crippen molar-refractivity contribution in [3.05, 3.63) is 95.1 Å². The fourth-order valence-corrected chi connectivity index (χ4v) is 3.32. The minimum atomic E-state index is -4.52. The van der Waals surface area contributed by atoms with Gasteiger partial charge >= 0.3 is 12.1 Å². The van der Waals surface area contributed by atoms with Gasteiger partial charge in [0.25, 0.3) is 0 Å². The predicted molar refractivity (Wildman–Crippen MR) is 124 cm³/mol. The lowest BCUT2D eigenvalue weighted by atomic mass is 9.99. The van der Waals surface area contributed by atoms with E-state index in [-0.39, 0.29) is 18.6 Å². The number of nitrogens with one attached hydrogen (secondary N) is 1. The molecule has 0 saturated carbocycles. The van der Waals surface area contributed by atoms with Gasteiger partial charge in [-0.2, -0.15) is 13.2 Å². The third-order valence-corrected chi connectivity index (χ3v) is 5.16. The second kappa shape index (κ2) is 11.5. The van der Waals surface area contributed by atoms with Crippen LogP contribution in [0.2, 0.25) is 0 Å². The van der Waals surface area contributed by atoms with Gasteiger partial charge in [-0.3, -0.25) is 4.79 Å². The Hall–Kier alpha value is -3.65. The molecule has 0 unspecified atom stereocenters. The van der Waals surface area contributed by atoms with Crippen molar-refractivity contribution in [2.24, 2.45) is 5.16 Å². The van der Waals surface area contributed by atoms with E-state index >= 15 is 0 Å². The standard InChI is InChI=1S/C26H25F3N2O3/c1-18(20-9-7-19(8-10-20)16-30-14-13-25(32)33)31-34-17-23-12-11-22(15-24(23)26(27,28)29)21-5-3-2-4-6-21/h2-12,15,30H,13-14,16-17H2,1H3,(H,32,33)/b31-18-. The van der Waals surface area contributed by atoms with Crippen LogP contribution in [0.4, 0.5) is 13.2 Å². The van der Waals surface area contributed by atoms with Gasteiger partial charge in [0.2, 0.25) is 0 Å². The summed E-state index contributed by atoms with van der Waals surface area (Å²) in [5, 5.41) is 15.7. The van der Waals surface area contributed by atoms with Gasteiger partial charge in [0.1, 0.15) is 6.61 Å². The predicted octanol–water partition coefficient (Wildman–Crippen LogP) is 5.88. The van der Waals surface area contributed by atoms with Crippen LogP contribution in [-0.2, 0) is 29.0 Å². The summed E-state index contributed by atoms with van der Waals surface area (Å²) in [6.07, 6.45) is -4.47. The topological polar surface area (TPSA) is 70.9 Å². The maximum atomic E-state index is 13.7. The Balaban J connectivity index is 1.64. The lowest BCUT2D eigenvalue weighted by Gasteiger charge is -2.14. The smallest absolute Gasteiger partial charge is 0.416 e. The van der Waals surface area contributed by atoms with Gasteiger partial charge in [-0.1, -0.05) is 71.9 Å². The minimum Gasteiger partial charge on any atom is -0.481 e. The van der Waals surface area contributed by atoms with Crippen LogP contribution in [0, 0.1) is 0 Å². The maximum Gasteiger partial charge on any atom is 0.416 e. The van der Waals surface area contributed by atoms with Crippen LogP contribution in [0.25, 0.3) is 11.1 Å². The van der Waals surface area contributed by atoms with Gasteiger partial charge in [0, 0.05) is 18.7 Å². The number of alkyl halides is 3. The van der Waals surface area contributed by atoms with E-state index in [4.69, 9.17) is 9.94 Å². The number of hydrogen-bond acceptors (Lipinski definition) is 4. The number of nitrogens with zero attached hydrogens (tertiary/aromatic N) is 1. The molecule has 0 bridgehead atoms. The molecule has 0 amide bonds. The van der Waals surface area contributed by atoms with E-state index in [1.54, 1.807) is 37.3 Å². The molecule has 2 N–H and O–H groups in total. The Morgan fingerprint density at radius 3 is 2.35 bits per heavy atom. The van der Waals surface area contributed by atoms with E-state index in [1.807, 2.05) is 30.3 Å². The number of aliphatic carboxylic acids is 1. The summed E-state index contributed by atoms with van der Waals surface area (Å²) in [4.78, 5) is 15.8. The molecular weight excluding hydrogens is 445 g/mol. The quantitative estimate of drug-likeness (QED) is 0.221. The average molecular weight is 470 g/mol. The molecule has 0 radical (unpaired) electrons. The largest absolute Gasteiger partial charge is 0.481 e. The highest BCUT2D eigenvalue weighted by molar-refractivity contribution is 5.98. The highest BCUT2D eigenvalue weighted by Gasteiger charge is 2.33. The van der Waals surface area contributed by atoms with Crippen molar-refractivity contribution in [2.45, 2.75) is 32.7 Å². The number of hydrogen-bond donors (Lipinski definition) is 2. The van der Waals surface area contributed by atoms with Gasteiger partial charge in [0.15, 0.2) is 0 Å². The third kappa shape index (κ3) is 7.18. The fourth-order valence-electron chi connectivity index (χ4n) is 3.32. The van der Waals surface area contributed by atoms with Gasteiger partial charge in [0.05, 0.1) is 17.7 Å². The monoisotopic (exact) mass is 470 g/mol. The van der Waals surface area contributed by atoms with Crippen LogP contribution in [0.3, 0.4) is 0 Å². The molecule has 0 atom stereocenters. The van der Waals surface area contributed by atoms with Crippen molar-refractivity contribution >= 4 is 11.7 Å². The number of benzene rings is 3. The molecule has 3 aromatic rings. The fraction of sp³-hybridized carbons (Fsp3) is 0.231. The molecule has 8 heteroatoms. The first-order chi connectivity index (χ1) is 16.2. The maximum absolute atomic E-state index is 13.7. The van der Waals surface area contributed by atoms with Crippen LogP contribution >= 0.6 is 0 Å². The van der Waals surface area contributed by atoms with E-state index in [9.17, 15) is 18.0 Å². The highest BCUT2D eigenvalue weighted by Crippen LogP contribution is 2.35. The molecule has 0 aliphatic rings. The van der Waals surface area contributed by atoms with Gasteiger partial charge < -0.3 is 15.3 Å². The summed E-state index contributed by atoms with van der Waals surface area (Å²) in [7, 11) is 0. The van der Waals surface area contributed by atoms with Gasteiger partial charge in [-0.25, -0.2) is 0 Å². The first kappa shape index (κ1) is 25.0. The van der Waals surface area contributed by atoms with Crippen molar-refractivity contribution in [3.63, 3.8) is 0 Å². The minimum absolute atomic E-state index is 0.00603. The molecule has 0 heterocycles. The summed E-state index contributed by atoms with van der Waals surface area (Å²) in [6.45, 7) is 2.30. The number of carbonyl (C=O) groups is 1. The Kier molecular flexibility index (Phi) is 8.43. The molecule has 34 heavy (non-hydrogen) atoms. The summed E-state index contributed by atoms with van der Waals surface area (Å²) < 4.78 is 41.0. The Bertz CT molecular complexity index is 1130. The highest BCUT2D eigenvalue weighted by atomic mass is 19.4. The number of halogens is 3. The van der Waals surface area contributed by atoms with Crippen molar-refractivity contribution in [1.82, 2.24) is 5.32 Å². The summed E-state index contributed by atoms with van der Waals surface area (Å²) in [5.74, 6) is -0.857. The second-order valence-corrected chi connectivity index (χ2v) is 7.70. The second-order valence-electron chi connectivity index (χ2n) is 7.70. The molecule has 0 saturated heterocycles. The van der Waals surface area contributed by atoms with Crippen LogP contribution < -0.4 is 5.32 Å². The molecule has 5 nitrogen and oxygen atoms in total. The lowest BCUT2D eigenvalue weighted by Crippen LogP contribution is -2.17.